The molecule has 8 heteroatoms. The summed E-state index contributed by atoms with van der Waals surface area (Å²) in [4.78, 5) is 27.8. The lowest BCUT2D eigenvalue weighted by atomic mass is 9.85. The van der Waals surface area contributed by atoms with Gasteiger partial charge in [-0.1, -0.05) is 25.7 Å². The van der Waals surface area contributed by atoms with E-state index in [1.54, 1.807) is 7.05 Å². The lowest BCUT2D eigenvalue weighted by Crippen LogP contribution is -2.56. The molecule has 2 aliphatic carbocycles. The van der Waals surface area contributed by atoms with Gasteiger partial charge in [-0.05, 0) is 38.5 Å². The third-order valence-corrected chi connectivity index (χ3v) is 7.01. The maximum Gasteiger partial charge on any atom is 0.332 e. The van der Waals surface area contributed by atoms with Crippen LogP contribution in [0.25, 0.3) is 11.0 Å². The van der Waals surface area contributed by atoms with E-state index in [1.165, 1.54) is 54.7 Å². The molecule has 0 aromatic carbocycles. The second-order valence-electron chi connectivity index (χ2n) is 8.68. The zero-order valence-electron chi connectivity index (χ0n) is 16.7. The first-order chi connectivity index (χ1) is 13.5. The zero-order valence-corrected chi connectivity index (χ0v) is 16.7. The summed E-state index contributed by atoms with van der Waals surface area (Å²) in [7, 11) is 3.18. The Bertz CT molecular complexity index is 1040. The first-order valence-corrected chi connectivity index (χ1v) is 10.6. The van der Waals surface area contributed by atoms with Crippen molar-refractivity contribution in [1.82, 2.24) is 19.3 Å². The van der Waals surface area contributed by atoms with Crippen LogP contribution in [0.3, 0.4) is 0 Å². The van der Waals surface area contributed by atoms with Gasteiger partial charge < -0.3 is 10.2 Å². The summed E-state index contributed by atoms with van der Waals surface area (Å²) in [6.45, 7) is 0. The van der Waals surface area contributed by atoms with Crippen molar-refractivity contribution in [2.75, 3.05) is 10.2 Å². The van der Waals surface area contributed by atoms with Crippen molar-refractivity contribution < 1.29 is 0 Å². The zero-order chi connectivity index (χ0) is 19.5. The second kappa shape index (κ2) is 6.32. The maximum absolute atomic E-state index is 13.0. The van der Waals surface area contributed by atoms with Crippen LogP contribution in [0.4, 0.5) is 11.5 Å². The average molecular weight is 384 g/mol. The van der Waals surface area contributed by atoms with E-state index in [2.05, 4.69) is 20.4 Å². The third kappa shape index (κ3) is 2.36. The molecule has 8 nitrogen and oxygen atoms in total. The highest BCUT2D eigenvalue weighted by molar-refractivity contribution is 5.97. The molecule has 2 fully saturated rings. The highest BCUT2D eigenvalue weighted by Crippen LogP contribution is 2.49. The topological polar surface area (TPSA) is 85.0 Å². The van der Waals surface area contributed by atoms with Crippen LogP contribution in [0.5, 0.6) is 0 Å². The lowest BCUT2D eigenvalue weighted by molar-refractivity contribution is 0.271. The van der Waals surface area contributed by atoms with E-state index in [0.717, 1.165) is 37.2 Å². The lowest BCUT2D eigenvalue weighted by Gasteiger charge is -2.47. The molecule has 0 radical (unpaired) electrons. The Morgan fingerprint density at radius 3 is 2.32 bits per heavy atom. The molecule has 3 heterocycles. The average Bonchev–Trinajstić information content (AvgIpc) is 3.04. The fraction of sp³-hybridized carbons (Fsp3) is 0.700. The molecule has 0 amide bonds. The highest BCUT2D eigenvalue weighted by atomic mass is 16.2. The van der Waals surface area contributed by atoms with Crippen LogP contribution in [0.15, 0.2) is 9.59 Å². The third-order valence-electron chi connectivity index (χ3n) is 7.01. The molecule has 1 aliphatic heterocycles. The minimum absolute atomic E-state index is 0.175. The standard InChI is InChI=1S/C20H28N6O2/c1-24-16-14(18(27)25(2)19(24)28)15-17(23-22-16)26(13-9-5-3-6-10-13)20(21-15)11-7-4-8-12-20/h13,21H,3-12H2,1-2H3. The van der Waals surface area contributed by atoms with E-state index in [4.69, 9.17) is 0 Å². The van der Waals surface area contributed by atoms with Crippen LogP contribution in [0.1, 0.15) is 64.2 Å². The van der Waals surface area contributed by atoms with E-state index >= 15 is 0 Å². The number of nitrogens with one attached hydrogen (secondary N) is 1. The Hall–Kier alpha value is -2.38. The number of rotatable bonds is 1. The molecule has 5 rings (SSSR count). The summed E-state index contributed by atoms with van der Waals surface area (Å²) in [5, 5.41) is 13.2. The van der Waals surface area contributed by atoms with Gasteiger partial charge in [-0.25, -0.2) is 4.79 Å². The van der Waals surface area contributed by atoms with E-state index < -0.39 is 0 Å². The molecule has 3 aliphatic rings. The Morgan fingerprint density at radius 1 is 0.929 bits per heavy atom. The summed E-state index contributed by atoms with van der Waals surface area (Å²) in [5.41, 5.74) is 0.282. The van der Waals surface area contributed by atoms with E-state index in [-0.39, 0.29) is 16.9 Å². The summed E-state index contributed by atoms with van der Waals surface area (Å²) >= 11 is 0. The summed E-state index contributed by atoms with van der Waals surface area (Å²) in [6, 6.07) is 0.434. The Kier molecular flexibility index (Phi) is 4.00. The van der Waals surface area contributed by atoms with E-state index in [0.29, 0.717) is 17.1 Å². The summed E-state index contributed by atoms with van der Waals surface area (Å²) in [6.07, 6.45) is 11.8. The predicted molar refractivity (Wildman–Crippen MR) is 109 cm³/mol. The molecule has 0 atom stereocenters. The number of anilines is 2. The van der Waals surface area contributed by atoms with Gasteiger partial charge in [-0.15, -0.1) is 10.2 Å². The Labute approximate surface area is 163 Å². The van der Waals surface area contributed by atoms with Crippen LogP contribution in [0, 0.1) is 0 Å². The summed E-state index contributed by atoms with van der Waals surface area (Å²) in [5.74, 6) is 0.803. The Balaban J connectivity index is 1.76. The quantitative estimate of drug-likeness (QED) is 0.812. The van der Waals surface area contributed by atoms with Gasteiger partial charge in [0.15, 0.2) is 11.5 Å². The van der Waals surface area contributed by atoms with Crippen molar-refractivity contribution in [1.29, 1.82) is 0 Å². The molecule has 0 unspecified atom stereocenters. The fourth-order valence-corrected chi connectivity index (χ4v) is 5.57. The monoisotopic (exact) mass is 384 g/mol. The minimum atomic E-state index is -0.374. The van der Waals surface area contributed by atoms with Crippen molar-refractivity contribution in [3.8, 4) is 0 Å². The maximum atomic E-state index is 13.0. The largest absolute Gasteiger partial charge is 0.359 e. The predicted octanol–water partition coefficient (Wildman–Crippen LogP) is 2.25. The fourth-order valence-electron chi connectivity index (χ4n) is 5.57. The molecule has 28 heavy (non-hydrogen) atoms. The normalized spacial score (nSPS) is 21.9. The number of nitrogens with zero attached hydrogens (tertiary/aromatic N) is 5. The highest BCUT2D eigenvalue weighted by Gasteiger charge is 2.49. The first-order valence-electron chi connectivity index (χ1n) is 10.6. The van der Waals surface area contributed by atoms with Gasteiger partial charge >= 0.3 is 5.69 Å². The number of fused-ring (bicyclic) bond motifs is 3. The van der Waals surface area contributed by atoms with Crippen molar-refractivity contribution >= 4 is 22.5 Å². The number of hydrogen-bond donors (Lipinski definition) is 1. The smallest absolute Gasteiger partial charge is 0.332 e. The Morgan fingerprint density at radius 2 is 1.61 bits per heavy atom. The SMILES string of the molecule is Cn1c(=O)c2c3c(nnc2n(C)c1=O)N(C1CCCCC1)C1(CCCCC1)N3. The number of hydrogen-bond acceptors (Lipinski definition) is 6. The summed E-state index contributed by atoms with van der Waals surface area (Å²) < 4.78 is 2.59. The van der Waals surface area contributed by atoms with E-state index in [1.807, 2.05) is 0 Å². The van der Waals surface area contributed by atoms with Crippen LogP contribution < -0.4 is 21.5 Å². The molecule has 1 N–H and O–H groups in total. The second-order valence-corrected chi connectivity index (χ2v) is 8.68. The van der Waals surface area contributed by atoms with Crippen molar-refractivity contribution in [3.63, 3.8) is 0 Å². The van der Waals surface area contributed by atoms with Gasteiger partial charge in [0, 0.05) is 20.1 Å². The molecule has 2 aromatic heterocycles. The molecule has 0 bridgehead atoms. The molecule has 2 aromatic rings. The van der Waals surface area contributed by atoms with Crippen LogP contribution in [-0.4, -0.2) is 31.0 Å². The van der Waals surface area contributed by atoms with Gasteiger partial charge in [-0.2, -0.15) is 0 Å². The first kappa shape index (κ1) is 17.7. The molecule has 2 saturated carbocycles. The number of aromatic nitrogens is 4. The van der Waals surface area contributed by atoms with Gasteiger partial charge in [-0.3, -0.25) is 13.9 Å². The van der Waals surface area contributed by atoms with Crippen molar-refractivity contribution in [2.24, 2.45) is 14.1 Å². The van der Waals surface area contributed by atoms with Gasteiger partial charge in [0.05, 0.1) is 5.69 Å². The van der Waals surface area contributed by atoms with Crippen LogP contribution >= 0.6 is 0 Å². The molecule has 150 valence electrons. The minimum Gasteiger partial charge on any atom is -0.359 e. The van der Waals surface area contributed by atoms with E-state index in [9.17, 15) is 9.59 Å². The van der Waals surface area contributed by atoms with Gasteiger partial charge in [0.1, 0.15) is 11.0 Å². The van der Waals surface area contributed by atoms with Gasteiger partial charge in [0.25, 0.3) is 5.56 Å². The molecule has 0 saturated heterocycles. The van der Waals surface area contributed by atoms with Crippen LogP contribution in [0.2, 0.25) is 0 Å². The number of aryl methyl sites for hydroxylation is 1. The van der Waals surface area contributed by atoms with Gasteiger partial charge in [0.2, 0.25) is 0 Å². The molecule has 1 spiro atoms. The van der Waals surface area contributed by atoms with Crippen LogP contribution in [-0.2, 0) is 14.1 Å². The molecular weight excluding hydrogens is 356 g/mol. The van der Waals surface area contributed by atoms with Crippen molar-refractivity contribution in [2.45, 2.75) is 75.9 Å². The molecular formula is C20H28N6O2. The van der Waals surface area contributed by atoms with Crippen molar-refractivity contribution in [3.05, 3.63) is 20.8 Å².